The minimum atomic E-state index is -4.08. The third-order valence-electron chi connectivity index (χ3n) is 4.92. The maximum atomic E-state index is 11.9. The quantitative estimate of drug-likeness (QED) is 0.629. The van der Waals surface area contributed by atoms with E-state index < -0.39 is 21.3 Å². The van der Waals surface area contributed by atoms with Gasteiger partial charge in [0.15, 0.2) is 0 Å². The zero-order valence-electron chi connectivity index (χ0n) is 13.0. The number of hydrogen-bond donors (Lipinski definition) is 1. The van der Waals surface area contributed by atoms with Crippen molar-refractivity contribution in [3.63, 3.8) is 0 Å². The molecule has 0 aromatic rings. The highest BCUT2D eigenvalue weighted by molar-refractivity contribution is 7.85. The number of esters is 1. The predicted molar refractivity (Wildman–Crippen MR) is 77.3 cm³/mol. The van der Waals surface area contributed by atoms with Gasteiger partial charge in [-0.15, -0.1) is 0 Å². The number of carbonyl (C=O) groups excluding carboxylic acids is 2. The van der Waals surface area contributed by atoms with E-state index in [1.807, 2.05) is 13.8 Å². The summed E-state index contributed by atoms with van der Waals surface area (Å²) in [4.78, 5) is 21.7. The van der Waals surface area contributed by atoms with Gasteiger partial charge in [-0.1, -0.05) is 13.8 Å². The van der Waals surface area contributed by atoms with Crippen LogP contribution in [-0.4, -0.2) is 37.1 Å². The van der Waals surface area contributed by atoms with Crippen molar-refractivity contribution in [2.24, 2.45) is 16.7 Å². The van der Waals surface area contributed by atoms with Gasteiger partial charge < -0.3 is 4.74 Å². The molecule has 0 heterocycles. The number of rotatable bonds is 3. The smallest absolute Gasteiger partial charge is 0.302 e. The molecule has 21 heavy (non-hydrogen) atoms. The molecule has 0 radical (unpaired) electrons. The zero-order valence-corrected chi connectivity index (χ0v) is 13.8. The zero-order chi connectivity index (χ0) is 16.5. The molecule has 2 bridgehead atoms. The summed E-state index contributed by atoms with van der Waals surface area (Å²) in [6.07, 6.45) is 1.97. The third kappa shape index (κ3) is 3.63. The van der Waals surface area contributed by atoms with E-state index >= 15 is 0 Å². The molecule has 2 atom stereocenters. The standard InChI is InChI=1S/C10H16O4S.C4H8O2/c1-9(2)7-3-4-10(9,8(11)5-7)6-15(12,13)14;1-3-6-4(2)5/h7H,3-6H2,1-2H3,(H,12,13,14);3H2,1-2H3. The summed E-state index contributed by atoms with van der Waals surface area (Å²) in [6.45, 7) is 7.54. The van der Waals surface area contributed by atoms with E-state index in [-0.39, 0.29) is 23.1 Å². The summed E-state index contributed by atoms with van der Waals surface area (Å²) in [5.41, 5.74) is -1.12. The predicted octanol–water partition coefficient (Wildman–Crippen LogP) is 1.84. The van der Waals surface area contributed by atoms with Gasteiger partial charge in [0.05, 0.1) is 17.8 Å². The normalized spacial score (nSPS) is 29.8. The van der Waals surface area contributed by atoms with Gasteiger partial charge in [-0.25, -0.2) is 0 Å². The monoisotopic (exact) mass is 320 g/mol. The number of ether oxygens (including phenoxy) is 1. The van der Waals surface area contributed by atoms with E-state index in [4.69, 9.17) is 4.55 Å². The average Bonchev–Trinajstić information content (AvgIpc) is 2.61. The second kappa shape index (κ2) is 6.04. The summed E-state index contributed by atoms with van der Waals surface area (Å²) in [6, 6.07) is 0. The van der Waals surface area contributed by atoms with Crippen LogP contribution in [0, 0.1) is 16.7 Å². The molecule has 2 unspecified atom stereocenters. The van der Waals surface area contributed by atoms with Crippen molar-refractivity contribution in [2.75, 3.05) is 12.4 Å². The lowest BCUT2D eigenvalue weighted by molar-refractivity contribution is -0.140. The lowest BCUT2D eigenvalue weighted by Gasteiger charge is -2.35. The molecule has 0 aromatic heterocycles. The second-order valence-electron chi connectivity index (χ2n) is 6.32. The SMILES string of the molecule is CC1(C)C2CCC1(CS(=O)(=O)O)C(=O)C2.CCOC(C)=O. The average molecular weight is 320 g/mol. The minimum Gasteiger partial charge on any atom is -0.466 e. The van der Waals surface area contributed by atoms with E-state index in [1.54, 1.807) is 6.92 Å². The molecule has 0 aliphatic heterocycles. The Kier molecular flexibility index (Phi) is 5.21. The topological polar surface area (TPSA) is 97.7 Å². The number of ketones is 1. The van der Waals surface area contributed by atoms with Gasteiger partial charge in [0.25, 0.3) is 10.1 Å². The summed E-state index contributed by atoms with van der Waals surface area (Å²) in [7, 11) is -4.08. The number of fused-ring (bicyclic) bond motifs is 2. The second-order valence-corrected chi connectivity index (χ2v) is 7.77. The highest BCUT2D eigenvalue weighted by Gasteiger charge is 2.65. The first-order valence-electron chi connectivity index (χ1n) is 7.08. The van der Waals surface area contributed by atoms with Crippen molar-refractivity contribution >= 4 is 21.9 Å². The van der Waals surface area contributed by atoms with Crippen LogP contribution in [0.1, 0.15) is 47.0 Å². The molecule has 2 aliphatic carbocycles. The molecule has 2 rings (SSSR count). The molecule has 7 heteroatoms. The first-order valence-corrected chi connectivity index (χ1v) is 8.69. The molecule has 0 spiro atoms. The van der Waals surface area contributed by atoms with Crippen LogP contribution in [0.15, 0.2) is 0 Å². The Morgan fingerprint density at radius 2 is 2.00 bits per heavy atom. The first kappa shape index (κ1) is 18.1. The van der Waals surface area contributed by atoms with Crippen LogP contribution in [0.3, 0.4) is 0 Å². The maximum Gasteiger partial charge on any atom is 0.302 e. The largest absolute Gasteiger partial charge is 0.466 e. The van der Waals surface area contributed by atoms with Crippen LogP contribution in [0.5, 0.6) is 0 Å². The van der Waals surface area contributed by atoms with Crippen molar-refractivity contribution in [1.29, 1.82) is 0 Å². The Labute approximate surface area is 126 Å². The molecule has 0 aromatic carbocycles. The van der Waals surface area contributed by atoms with E-state index in [0.29, 0.717) is 19.4 Å². The highest BCUT2D eigenvalue weighted by atomic mass is 32.2. The Bertz CT molecular complexity index is 522. The maximum absolute atomic E-state index is 11.9. The first-order chi connectivity index (χ1) is 9.46. The Morgan fingerprint density at radius 3 is 2.24 bits per heavy atom. The van der Waals surface area contributed by atoms with Crippen molar-refractivity contribution in [3.05, 3.63) is 0 Å². The summed E-state index contributed by atoms with van der Waals surface area (Å²) in [5.74, 6) is -0.312. The van der Waals surface area contributed by atoms with Gasteiger partial charge in [0, 0.05) is 13.3 Å². The summed E-state index contributed by atoms with van der Waals surface area (Å²) >= 11 is 0. The van der Waals surface area contributed by atoms with Crippen LogP contribution in [0.25, 0.3) is 0 Å². The molecule has 2 saturated carbocycles. The molecular formula is C14H24O6S. The number of Topliss-reactive ketones (excluding diaryl/α,β-unsaturated/α-hetero) is 1. The van der Waals surface area contributed by atoms with Gasteiger partial charge in [-0.2, -0.15) is 8.42 Å². The van der Waals surface area contributed by atoms with Gasteiger partial charge in [0.2, 0.25) is 0 Å². The van der Waals surface area contributed by atoms with Crippen molar-refractivity contribution < 1.29 is 27.3 Å². The van der Waals surface area contributed by atoms with Crippen LogP contribution < -0.4 is 0 Å². The van der Waals surface area contributed by atoms with E-state index in [9.17, 15) is 18.0 Å². The van der Waals surface area contributed by atoms with Crippen LogP contribution in [0.4, 0.5) is 0 Å². The minimum absolute atomic E-state index is 0.0152. The van der Waals surface area contributed by atoms with Gasteiger partial charge in [-0.05, 0) is 31.1 Å². The lowest BCUT2D eigenvalue weighted by atomic mass is 9.70. The van der Waals surface area contributed by atoms with Gasteiger partial charge in [0.1, 0.15) is 5.78 Å². The van der Waals surface area contributed by atoms with Crippen molar-refractivity contribution in [2.45, 2.75) is 47.0 Å². The fraction of sp³-hybridized carbons (Fsp3) is 0.857. The fourth-order valence-corrected chi connectivity index (χ4v) is 4.92. The van der Waals surface area contributed by atoms with E-state index in [2.05, 4.69) is 4.74 Å². The van der Waals surface area contributed by atoms with Gasteiger partial charge in [-0.3, -0.25) is 14.1 Å². The number of hydrogen-bond acceptors (Lipinski definition) is 5. The van der Waals surface area contributed by atoms with E-state index in [1.165, 1.54) is 6.92 Å². The summed E-state index contributed by atoms with van der Waals surface area (Å²) in [5, 5.41) is 0. The molecule has 1 N–H and O–H groups in total. The number of carbonyl (C=O) groups is 2. The van der Waals surface area contributed by atoms with Crippen LogP contribution in [-0.2, 0) is 24.4 Å². The van der Waals surface area contributed by atoms with Gasteiger partial charge >= 0.3 is 5.97 Å². The van der Waals surface area contributed by atoms with E-state index in [0.717, 1.165) is 6.42 Å². The molecular weight excluding hydrogens is 296 g/mol. The lowest BCUT2D eigenvalue weighted by Crippen LogP contribution is -2.42. The molecule has 0 amide bonds. The Balaban J connectivity index is 0.000000315. The van der Waals surface area contributed by atoms with Crippen LogP contribution in [0.2, 0.25) is 0 Å². The Hall–Kier alpha value is -0.950. The molecule has 122 valence electrons. The molecule has 6 nitrogen and oxygen atoms in total. The third-order valence-corrected chi connectivity index (χ3v) is 5.77. The van der Waals surface area contributed by atoms with Crippen LogP contribution >= 0.6 is 0 Å². The Morgan fingerprint density at radius 1 is 1.43 bits per heavy atom. The summed E-state index contributed by atoms with van der Waals surface area (Å²) < 4.78 is 35.4. The van der Waals surface area contributed by atoms with Crippen molar-refractivity contribution in [1.82, 2.24) is 0 Å². The molecule has 0 saturated heterocycles. The molecule has 2 aliphatic rings. The fourth-order valence-electron chi connectivity index (χ4n) is 3.62. The molecule has 2 fully saturated rings. The highest BCUT2D eigenvalue weighted by Crippen LogP contribution is 2.64. The van der Waals surface area contributed by atoms with Crippen molar-refractivity contribution in [3.8, 4) is 0 Å².